The number of hydrogen-bond donors (Lipinski definition) is 1. The minimum atomic E-state index is -2.91. The Bertz CT molecular complexity index is 609. The number of benzene rings is 1. The third kappa shape index (κ3) is 4.04. The smallest absolute Gasteiger partial charge is 0.387 e. The summed E-state index contributed by atoms with van der Waals surface area (Å²) in [6, 6.07) is 3.03. The van der Waals surface area contributed by atoms with Gasteiger partial charge in [0.2, 0.25) is 0 Å². The van der Waals surface area contributed by atoms with Crippen molar-refractivity contribution in [2.75, 3.05) is 5.32 Å². The second-order valence-corrected chi connectivity index (χ2v) is 6.11. The Hall–Kier alpha value is -0.920. The second kappa shape index (κ2) is 6.69. The lowest BCUT2D eigenvalue weighted by molar-refractivity contribution is -0.0498. The molecule has 0 saturated carbocycles. The number of rotatable bonds is 5. The van der Waals surface area contributed by atoms with Crippen molar-refractivity contribution in [1.82, 2.24) is 4.98 Å². The number of nitrogens with zero attached hydrogens (tertiary/aromatic N) is 1. The van der Waals surface area contributed by atoms with Crippen LogP contribution in [-0.2, 0) is 6.54 Å². The number of aromatic nitrogens is 1. The van der Waals surface area contributed by atoms with Gasteiger partial charge >= 0.3 is 6.61 Å². The van der Waals surface area contributed by atoms with Gasteiger partial charge in [-0.1, -0.05) is 11.6 Å². The molecule has 0 amide bonds. The average molecular weight is 384 g/mol. The van der Waals surface area contributed by atoms with Gasteiger partial charge in [-0.15, -0.1) is 11.3 Å². The fourth-order valence-electron chi connectivity index (χ4n) is 1.56. The summed E-state index contributed by atoms with van der Waals surface area (Å²) in [7, 11) is 0. The Morgan fingerprint density at radius 3 is 2.85 bits per heavy atom. The van der Waals surface area contributed by atoms with E-state index < -0.39 is 6.61 Å². The van der Waals surface area contributed by atoms with Gasteiger partial charge < -0.3 is 10.1 Å². The Labute approximate surface area is 132 Å². The average Bonchev–Trinajstić information content (AvgIpc) is 2.76. The summed E-state index contributed by atoms with van der Waals surface area (Å²) in [5.41, 5.74) is 1.31. The van der Waals surface area contributed by atoms with Crippen molar-refractivity contribution in [3.05, 3.63) is 37.7 Å². The lowest BCUT2D eigenvalue weighted by Gasteiger charge is -2.14. The first kappa shape index (κ1) is 15.5. The van der Waals surface area contributed by atoms with Crippen molar-refractivity contribution >= 4 is 44.6 Å². The van der Waals surface area contributed by atoms with Gasteiger partial charge in [-0.3, -0.25) is 0 Å². The van der Waals surface area contributed by atoms with Crippen molar-refractivity contribution in [2.24, 2.45) is 0 Å². The third-order valence-electron chi connectivity index (χ3n) is 2.31. The molecule has 3 nitrogen and oxygen atoms in total. The number of hydrogen-bond acceptors (Lipinski definition) is 4. The molecule has 0 atom stereocenters. The number of halogens is 4. The molecule has 0 aliphatic rings. The fraction of sp³-hybridized carbons (Fsp3) is 0.250. The molecule has 2 rings (SSSR count). The zero-order chi connectivity index (χ0) is 14.7. The minimum Gasteiger partial charge on any atom is -0.431 e. The van der Waals surface area contributed by atoms with Crippen LogP contribution in [0.1, 0.15) is 10.7 Å². The summed E-state index contributed by atoms with van der Waals surface area (Å²) in [6.07, 6.45) is 0. The molecule has 0 spiro atoms. The molecule has 108 valence electrons. The van der Waals surface area contributed by atoms with Crippen LogP contribution in [0.4, 0.5) is 14.5 Å². The molecule has 0 bridgehead atoms. The van der Waals surface area contributed by atoms with E-state index in [1.54, 1.807) is 0 Å². The molecule has 0 aliphatic heterocycles. The van der Waals surface area contributed by atoms with Crippen LogP contribution < -0.4 is 10.1 Å². The molecule has 1 heterocycles. The molecule has 20 heavy (non-hydrogen) atoms. The lowest BCUT2D eigenvalue weighted by atomic mass is 10.3. The summed E-state index contributed by atoms with van der Waals surface area (Å²) in [5.74, 6) is 0.0256. The van der Waals surface area contributed by atoms with Crippen molar-refractivity contribution < 1.29 is 13.5 Å². The van der Waals surface area contributed by atoms with E-state index in [2.05, 4.69) is 31.0 Å². The van der Waals surface area contributed by atoms with Crippen LogP contribution in [0, 0.1) is 6.92 Å². The van der Waals surface area contributed by atoms with Crippen LogP contribution in [0.5, 0.6) is 5.75 Å². The maximum absolute atomic E-state index is 12.4. The predicted octanol–water partition coefficient (Wildman–Crippen LogP) is 5.08. The second-order valence-electron chi connectivity index (χ2n) is 3.88. The highest BCUT2D eigenvalue weighted by molar-refractivity contribution is 9.10. The van der Waals surface area contributed by atoms with Crippen LogP contribution in [-0.4, -0.2) is 11.6 Å². The van der Waals surface area contributed by atoms with E-state index in [9.17, 15) is 8.78 Å². The van der Waals surface area contributed by atoms with Gasteiger partial charge in [0.25, 0.3) is 0 Å². The Kier molecular flexibility index (Phi) is 5.17. The van der Waals surface area contributed by atoms with Crippen LogP contribution in [0.25, 0.3) is 0 Å². The normalized spacial score (nSPS) is 10.9. The Morgan fingerprint density at radius 1 is 1.50 bits per heavy atom. The Morgan fingerprint density at radius 2 is 2.25 bits per heavy atom. The summed E-state index contributed by atoms with van der Waals surface area (Å²) in [5, 5.41) is 6.19. The van der Waals surface area contributed by atoms with Gasteiger partial charge in [-0.2, -0.15) is 8.78 Å². The molecule has 0 saturated heterocycles. The van der Waals surface area contributed by atoms with Gasteiger partial charge in [0.1, 0.15) is 5.01 Å². The van der Waals surface area contributed by atoms with E-state index in [0.29, 0.717) is 21.7 Å². The van der Waals surface area contributed by atoms with Crippen LogP contribution in [0.15, 0.2) is 22.0 Å². The quantitative estimate of drug-likeness (QED) is 0.782. The molecule has 0 fully saturated rings. The highest BCUT2D eigenvalue weighted by Gasteiger charge is 2.15. The SMILES string of the molecule is Cc1csc(CNc2cc(Cl)cc(Br)c2OC(F)F)n1. The van der Waals surface area contributed by atoms with Gasteiger partial charge in [0.15, 0.2) is 5.75 Å². The molecule has 8 heteroatoms. The minimum absolute atomic E-state index is 0.0256. The number of thiazole rings is 1. The summed E-state index contributed by atoms with van der Waals surface area (Å²) in [4.78, 5) is 4.28. The van der Waals surface area contributed by atoms with Crippen molar-refractivity contribution in [1.29, 1.82) is 0 Å². The van der Waals surface area contributed by atoms with Gasteiger partial charge in [0.05, 0.1) is 16.7 Å². The standard InChI is InChI=1S/C12H10BrClF2N2OS/c1-6-5-20-10(18-6)4-17-9-3-7(14)2-8(13)11(9)19-12(15)16/h2-3,5,12,17H,4H2,1H3. The molecule has 0 aliphatic carbocycles. The van der Waals surface area contributed by atoms with Crippen LogP contribution >= 0.6 is 38.9 Å². The van der Waals surface area contributed by atoms with Crippen molar-refractivity contribution in [3.8, 4) is 5.75 Å². The summed E-state index contributed by atoms with van der Waals surface area (Å²) in [6.45, 7) is -0.609. The fourth-order valence-corrected chi connectivity index (χ4v) is 3.17. The van der Waals surface area contributed by atoms with E-state index >= 15 is 0 Å². The number of nitrogens with one attached hydrogen (secondary N) is 1. The monoisotopic (exact) mass is 382 g/mol. The molecule has 1 aromatic carbocycles. The first-order chi connectivity index (χ1) is 9.45. The van der Waals surface area contributed by atoms with Gasteiger partial charge in [-0.25, -0.2) is 4.98 Å². The molecule has 2 aromatic rings. The maximum Gasteiger partial charge on any atom is 0.387 e. The molecule has 0 radical (unpaired) electrons. The van der Waals surface area contributed by atoms with Crippen LogP contribution in [0.3, 0.4) is 0 Å². The van der Waals surface area contributed by atoms with Gasteiger partial charge in [-0.05, 0) is 35.0 Å². The van der Waals surface area contributed by atoms with Crippen LogP contribution in [0.2, 0.25) is 5.02 Å². The highest BCUT2D eigenvalue weighted by atomic mass is 79.9. The number of aryl methyl sites for hydroxylation is 1. The van der Waals surface area contributed by atoms with E-state index in [4.69, 9.17) is 11.6 Å². The van der Waals surface area contributed by atoms with E-state index in [1.807, 2.05) is 12.3 Å². The first-order valence-corrected chi connectivity index (χ1v) is 7.59. The molecule has 1 N–H and O–H groups in total. The zero-order valence-corrected chi connectivity index (χ0v) is 13.5. The summed E-state index contributed by atoms with van der Waals surface area (Å²) >= 11 is 10.6. The predicted molar refractivity (Wildman–Crippen MR) is 80.0 cm³/mol. The van der Waals surface area contributed by atoms with E-state index in [1.165, 1.54) is 23.5 Å². The topological polar surface area (TPSA) is 34.1 Å². The lowest BCUT2D eigenvalue weighted by Crippen LogP contribution is -2.07. The van der Waals surface area contributed by atoms with E-state index in [-0.39, 0.29) is 5.75 Å². The number of alkyl halides is 2. The summed E-state index contributed by atoms with van der Waals surface area (Å²) < 4.78 is 29.7. The van der Waals surface area contributed by atoms with Gasteiger partial charge in [0, 0.05) is 16.1 Å². The Balaban J connectivity index is 2.20. The van der Waals surface area contributed by atoms with Crippen molar-refractivity contribution in [3.63, 3.8) is 0 Å². The molecular weight excluding hydrogens is 374 g/mol. The molecular formula is C12H10BrClF2N2OS. The number of ether oxygens (including phenoxy) is 1. The zero-order valence-electron chi connectivity index (χ0n) is 10.3. The highest BCUT2D eigenvalue weighted by Crippen LogP contribution is 2.37. The first-order valence-electron chi connectivity index (χ1n) is 5.54. The van der Waals surface area contributed by atoms with Crippen molar-refractivity contribution in [2.45, 2.75) is 20.1 Å². The maximum atomic E-state index is 12.4. The third-order valence-corrected chi connectivity index (χ3v) is 4.09. The molecule has 0 unspecified atom stereocenters. The number of anilines is 1. The largest absolute Gasteiger partial charge is 0.431 e. The molecule has 1 aromatic heterocycles. The van der Waals surface area contributed by atoms with E-state index in [0.717, 1.165) is 10.7 Å².